The molecule has 102 valence electrons. The van der Waals surface area contributed by atoms with Gasteiger partial charge in [-0.15, -0.1) is 11.3 Å². The van der Waals surface area contributed by atoms with Gasteiger partial charge in [0.1, 0.15) is 0 Å². The highest BCUT2D eigenvalue weighted by molar-refractivity contribution is 7.10. The van der Waals surface area contributed by atoms with Gasteiger partial charge in [-0.2, -0.15) is 0 Å². The molecule has 0 amide bonds. The monoisotopic (exact) mass is 269 g/mol. The average molecular weight is 269 g/mol. The molecule has 1 aromatic heterocycles. The Bertz CT molecular complexity index is 325. The van der Waals surface area contributed by atoms with E-state index in [2.05, 4.69) is 34.4 Å². The van der Waals surface area contributed by atoms with Crippen LogP contribution in [0, 0.1) is 0 Å². The Morgan fingerprint density at radius 3 is 2.89 bits per heavy atom. The van der Waals surface area contributed by atoms with Gasteiger partial charge < -0.3 is 10.5 Å². The van der Waals surface area contributed by atoms with Gasteiger partial charge in [-0.3, -0.25) is 9.80 Å². The van der Waals surface area contributed by atoms with E-state index in [9.17, 15) is 0 Å². The Hall–Kier alpha value is -0.460. The number of nitrogens with two attached hydrogens (primary N) is 1. The van der Waals surface area contributed by atoms with Crippen LogP contribution in [0.25, 0.3) is 0 Å². The van der Waals surface area contributed by atoms with Gasteiger partial charge in [0.2, 0.25) is 0 Å². The van der Waals surface area contributed by atoms with Crippen molar-refractivity contribution in [3.05, 3.63) is 22.4 Å². The quantitative estimate of drug-likeness (QED) is 0.837. The Morgan fingerprint density at radius 1 is 1.50 bits per heavy atom. The van der Waals surface area contributed by atoms with Crippen molar-refractivity contribution in [1.82, 2.24) is 9.80 Å². The van der Waals surface area contributed by atoms with Gasteiger partial charge in [0.15, 0.2) is 0 Å². The second-order valence-corrected chi connectivity index (χ2v) is 5.68. The largest absolute Gasteiger partial charge is 0.379 e. The molecule has 0 saturated carbocycles. The third-order valence-corrected chi connectivity index (χ3v) is 4.47. The van der Waals surface area contributed by atoms with Gasteiger partial charge in [0, 0.05) is 37.6 Å². The summed E-state index contributed by atoms with van der Waals surface area (Å²) in [5, 5.41) is 2.12. The second kappa shape index (κ2) is 7.21. The van der Waals surface area contributed by atoms with Crippen molar-refractivity contribution < 1.29 is 4.74 Å². The number of thiophene rings is 1. The number of nitrogens with zero attached hydrogens (tertiary/aromatic N) is 2. The maximum Gasteiger partial charge on any atom is 0.0594 e. The molecule has 2 rings (SSSR count). The molecule has 1 fully saturated rings. The van der Waals surface area contributed by atoms with Gasteiger partial charge in [0.25, 0.3) is 0 Å². The van der Waals surface area contributed by atoms with E-state index in [0.717, 1.165) is 39.4 Å². The van der Waals surface area contributed by atoms with Gasteiger partial charge in [-0.25, -0.2) is 0 Å². The van der Waals surface area contributed by atoms with Crippen LogP contribution in [-0.4, -0.2) is 62.8 Å². The first-order chi connectivity index (χ1) is 8.81. The predicted octanol–water partition coefficient (Wildman–Crippen LogP) is 1.01. The van der Waals surface area contributed by atoms with E-state index in [-0.39, 0.29) is 0 Å². The van der Waals surface area contributed by atoms with Crippen LogP contribution in [0.5, 0.6) is 0 Å². The minimum Gasteiger partial charge on any atom is -0.379 e. The lowest BCUT2D eigenvalue weighted by Crippen LogP contribution is -2.42. The highest BCUT2D eigenvalue weighted by atomic mass is 32.1. The lowest BCUT2D eigenvalue weighted by molar-refractivity contribution is 0.0328. The smallest absolute Gasteiger partial charge is 0.0594 e. The van der Waals surface area contributed by atoms with Gasteiger partial charge in [0.05, 0.1) is 19.3 Å². The summed E-state index contributed by atoms with van der Waals surface area (Å²) < 4.78 is 5.36. The zero-order valence-corrected chi connectivity index (χ0v) is 11.9. The van der Waals surface area contributed by atoms with Gasteiger partial charge in [-0.1, -0.05) is 6.07 Å². The summed E-state index contributed by atoms with van der Waals surface area (Å²) in [6.45, 7) is 6.69. The Labute approximate surface area is 113 Å². The van der Waals surface area contributed by atoms with E-state index in [1.165, 1.54) is 4.88 Å². The first kappa shape index (κ1) is 14.0. The van der Waals surface area contributed by atoms with Crippen LogP contribution in [0.2, 0.25) is 0 Å². The third-order valence-electron chi connectivity index (χ3n) is 3.50. The molecule has 2 heterocycles. The normalized spacial score (nSPS) is 19.3. The van der Waals surface area contributed by atoms with Crippen molar-refractivity contribution in [2.24, 2.45) is 5.73 Å². The molecule has 4 nitrogen and oxygen atoms in total. The fraction of sp³-hybridized carbons (Fsp3) is 0.692. The molecule has 18 heavy (non-hydrogen) atoms. The van der Waals surface area contributed by atoms with Crippen LogP contribution in [0.3, 0.4) is 0 Å². The summed E-state index contributed by atoms with van der Waals surface area (Å²) in [5.41, 5.74) is 5.91. The predicted molar refractivity (Wildman–Crippen MR) is 76.0 cm³/mol. The maximum absolute atomic E-state index is 5.91. The van der Waals surface area contributed by atoms with Crippen molar-refractivity contribution in [1.29, 1.82) is 0 Å². The molecule has 1 unspecified atom stereocenters. The van der Waals surface area contributed by atoms with Crippen molar-refractivity contribution in [2.75, 3.05) is 53.0 Å². The van der Waals surface area contributed by atoms with E-state index in [1.807, 2.05) is 0 Å². The van der Waals surface area contributed by atoms with Crippen LogP contribution in [-0.2, 0) is 4.74 Å². The van der Waals surface area contributed by atoms with Gasteiger partial charge >= 0.3 is 0 Å². The van der Waals surface area contributed by atoms with Crippen LogP contribution in [0.15, 0.2) is 17.5 Å². The lowest BCUT2D eigenvalue weighted by Gasteiger charge is -2.31. The molecule has 0 radical (unpaired) electrons. The van der Waals surface area contributed by atoms with Crippen LogP contribution in [0.4, 0.5) is 0 Å². The van der Waals surface area contributed by atoms with Crippen LogP contribution in [0.1, 0.15) is 10.9 Å². The number of hydrogen-bond acceptors (Lipinski definition) is 5. The first-order valence-electron chi connectivity index (χ1n) is 6.55. The molecule has 0 aliphatic carbocycles. The Morgan fingerprint density at radius 2 is 2.28 bits per heavy atom. The number of hydrogen-bond donors (Lipinski definition) is 1. The summed E-state index contributed by atoms with van der Waals surface area (Å²) >= 11 is 1.79. The lowest BCUT2D eigenvalue weighted by atomic mass is 10.2. The van der Waals surface area contributed by atoms with E-state index in [4.69, 9.17) is 10.5 Å². The van der Waals surface area contributed by atoms with E-state index in [0.29, 0.717) is 12.6 Å². The van der Waals surface area contributed by atoms with Crippen molar-refractivity contribution in [3.8, 4) is 0 Å². The summed E-state index contributed by atoms with van der Waals surface area (Å²) in [5.74, 6) is 0. The summed E-state index contributed by atoms with van der Waals surface area (Å²) in [6.07, 6.45) is 0. The maximum atomic E-state index is 5.91. The molecule has 5 heteroatoms. The molecular weight excluding hydrogens is 246 g/mol. The molecule has 0 aromatic carbocycles. The topological polar surface area (TPSA) is 41.7 Å². The Kier molecular flexibility index (Phi) is 5.59. The van der Waals surface area contributed by atoms with Crippen molar-refractivity contribution >= 4 is 11.3 Å². The summed E-state index contributed by atoms with van der Waals surface area (Å²) in [7, 11) is 2.16. The first-order valence-corrected chi connectivity index (χ1v) is 7.43. The van der Waals surface area contributed by atoms with E-state index in [1.54, 1.807) is 11.3 Å². The molecule has 1 atom stereocenters. The molecule has 1 saturated heterocycles. The number of likely N-dealkylation sites (N-methyl/N-ethyl adjacent to an activating group) is 1. The molecule has 0 spiro atoms. The van der Waals surface area contributed by atoms with Crippen molar-refractivity contribution in [3.63, 3.8) is 0 Å². The Balaban J connectivity index is 1.80. The molecule has 0 bridgehead atoms. The summed E-state index contributed by atoms with van der Waals surface area (Å²) in [6, 6.07) is 4.62. The summed E-state index contributed by atoms with van der Waals surface area (Å²) in [4.78, 5) is 6.19. The highest BCUT2D eigenvalue weighted by Crippen LogP contribution is 2.22. The zero-order valence-electron chi connectivity index (χ0n) is 11.0. The molecular formula is C13H23N3OS. The zero-order chi connectivity index (χ0) is 12.8. The van der Waals surface area contributed by atoms with Crippen LogP contribution >= 0.6 is 11.3 Å². The van der Waals surface area contributed by atoms with Crippen LogP contribution < -0.4 is 5.73 Å². The molecule has 1 aliphatic rings. The second-order valence-electron chi connectivity index (χ2n) is 4.70. The fourth-order valence-corrected chi connectivity index (χ4v) is 3.18. The SMILES string of the molecule is CN(CCN1CCOCC1)C(CN)c1cccs1. The molecule has 1 aromatic rings. The fourth-order valence-electron chi connectivity index (χ4n) is 2.27. The number of morpholine rings is 1. The number of ether oxygens (including phenoxy) is 1. The standard InChI is InChI=1S/C13H23N3OS/c1-15(4-5-16-6-8-17-9-7-16)12(11-14)13-3-2-10-18-13/h2-3,10,12H,4-9,11,14H2,1H3. The van der Waals surface area contributed by atoms with Crippen molar-refractivity contribution in [2.45, 2.75) is 6.04 Å². The van der Waals surface area contributed by atoms with E-state index >= 15 is 0 Å². The highest BCUT2D eigenvalue weighted by Gasteiger charge is 2.17. The average Bonchev–Trinajstić information content (AvgIpc) is 2.92. The molecule has 2 N–H and O–H groups in total. The minimum atomic E-state index is 0.353. The van der Waals surface area contributed by atoms with Gasteiger partial charge in [-0.05, 0) is 18.5 Å². The third kappa shape index (κ3) is 3.76. The molecule has 1 aliphatic heterocycles. The minimum absolute atomic E-state index is 0.353. The number of rotatable bonds is 6. The van der Waals surface area contributed by atoms with E-state index < -0.39 is 0 Å².